The molecule has 0 spiro atoms. The largest absolute Gasteiger partial charge is 0.248 e. The number of hydrogen-bond acceptors (Lipinski definition) is 2. The lowest BCUT2D eigenvalue weighted by Crippen LogP contribution is -2.01. The smallest absolute Gasteiger partial charge is 0.0817 e. The third-order valence-corrected chi connectivity index (χ3v) is 6.40. The van der Waals surface area contributed by atoms with Crippen molar-refractivity contribution >= 4 is 11.4 Å². The Kier molecular flexibility index (Phi) is 3.58. The molecule has 2 aliphatic rings. The van der Waals surface area contributed by atoms with Crippen LogP contribution in [0.1, 0.15) is 0 Å². The van der Waals surface area contributed by atoms with Crippen molar-refractivity contribution in [2.45, 2.75) is 0 Å². The molecule has 5 aromatic rings. The highest BCUT2D eigenvalue weighted by molar-refractivity contribution is 6.03. The van der Waals surface area contributed by atoms with Gasteiger partial charge in [0.15, 0.2) is 0 Å². The Morgan fingerprint density at radius 3 is 1.94 bits per heavy atom. The zero-order valence-electron chi connectivity index (χ0n) is 17.3. The second kappa shape index (κ2) is 6.60. The Morgan fingerprint density at radius 1 is 0.406 bits per heavy atom. The van der Waals surface area contributed by atoms with Gasteiger partial charge >= 0.3 is 0 Å². The lowest BCUT2D eigenvalue weighted by molar-refractivity contribution is 1.36. The zero-order valence-corrected chi connectivity index (χ0v) is 17.3. The van der Waals surface area contributed by atoms with Gasteiger partial charge in [-0.15, -0.1) is 0 Å². The average molecular weight is 406 g/mol. The topological polar surface area (TPSA) is 24.7 Å². The van der Waals surface area contributed by atoms with Crippen LogP contribution < -0.4 is 10.7 Å². The van der Waals surface area contributed by atoms with Gasteiger partial charge in [-0.25, -0.2) is 9.98 Å². The molecule has 5 aromatic carbocycles. The van der Waals surface area contributed by atoms with E-state index in [9.17, 15) is 0 Å². The molecular formula is C30H18N2. The van der Waals surface area contributed by atoms with Crippen molar-refractivity contribution in [2.24, 2.45) is 9.98 Å². The van der Waals surface area contributed by atoms with E-state index in [1.165, 1.54) is 38.3 Å². The minimum absolute atomic E-state index is 0.998. The number of para-hydroxylation sites is 1. The van der Waals surface area contributed by atoms with E-state index < -0.39 is 0 Å². The van der Waals surface area contributed by atoms with E-state index in [0.29, 0.717) is 0 Å². The molecule has 2 heteroatoms. The molecule has 0 saturated heterocycles. The van der Waals surface area contributed by atoms with Crippen molar-refractivity contribution in [2.75, 3.05) is 0 Å². The highest BCUT2D eigenvalue weighted by atomic mass is 14.8. The normalized spacial score (nSPS) is 12.2. The highest BCUT2D eigenvalue weighted by Gasteiger charge is 2.26. The van der Waals surface area contributed by atoms with Crippen LogP contribution in [0.3, 0.4) is 0 Å². The third kappa shape index (κ3) is 2.41. The summed E-state index contributed by atoms with van der Waals surface area (Å²) in [6.45, 7) is 0. The quantitative estimate of drug-likeness (QED) is 0.313. The molecule has 0 unspecified atom stereocenters. The fourth-order valence-corrected chi connectivity index (χ4v) is 5.00. The Bertz CT molecular complexity index is 1750. The zero-order chi connectivity index (χ0) is 21.1. The van der Waals surface area contributed by atoms with E-state index in [1.54, 1.807) is 0 Å². The number of rotatable bonds is 2. The molecule has 2 nitrogen and oxygen atoms in total. The van der Waals surface area contributed by atoms with Gasteiger partial charge in [0.1, 0.15) is 0 Å². The molecule has 2 heterocycles. The van der Waals surface area contributed by atoms with Gasteiger partial charge in [-0.1, -0.05) is 84.9 Å². The summed E-state index contributed by atoms with van der Waals surface area (Å²) in [6, 6.07) is 38.3. The van der Waals surface area contributed by atoms with E-state index in [0.717, 1.165) is 27.7 Å². The fraction of sp³-hybridized carbons (Fsp3) is 0. The summed E-state index contributed by atoms with van der Waals surface area (Å²) in [5.74, 6) is 0. The van der Waals surface area contributed by atoms with Crippen LogP contribution in [0.2, 0.25) is 0 Å². The molecule has 0 aliphatic carbocycles. The van der Waals surface area contributed by atoms with Crippen molar-refractivity contribution in [1.29, 1.82) is 0 Å². The second-order valence-corrected chi connectivity index (χ2v) is 8.21. The van der Waals surface area contributed by atoms with Crippen molar-refractivity contribution in [3.63, 3.8) is 0 Å². The molecule has 0 bridgehead atoms. The second-order valence-electron chi connectivity index (χ2n) is 8.21. The van der Waals surface area contributed by atoms with E-state index in [4.69, 9.17) is 9.98 Å². The van der Waals surface area contributed by atoms with E-state index >= 15 is 0 Å². The summed E-state index contributed by atoms with van der Waals surface area (Å²) in [5, 5.41) is 4.41. The Morgan fingerprint density at radius 2 is 1.12 bits per heavy atom. The number of fused-ring (bicyclic) bond motifs is 6. The van der Waals surface area contributed by atoms with Gasteiger partial charge in [-0.3, -0.25) is 0 Å². The standard InChI is InChI=1S/C30H18N2/c1-3-9-19(10-4-1)21-15-17-25-28(27(21)20-11-5-2-6-12-20)29-26(31-25)18-16-23-22-13-7-8-14-24(22)32-30(23)29/h1-18H. The lowest BCUT2D eigenvalue weighted by Gasteiger charge is -2.16. The van der Waals surface area contributed by atoms with Gasteiger partial charge in [0.25, 0.3) is 0 Å². The van der Waals surface area contributed by atoms with E-state index in [-0.39, 0.29) is 0 Å². The van der Waals surface area contributed by atoms with E-state index in [1.807, 2.05) is 0 Å². The van der Waals surface area contributed by atoms with Crippen molar-refractivity contribution in [1.82, 2.24) is 0 Å². The maximum atomic E-state index is 5.06. The maximum absolute atomic E-state index is 5.06. The van der Waals surface area contributed by atoms with Crippen LogP contribution in [-0.2, 0) is 0 Å². The summed E-state index contributed by atoms with van der Waals surface area (Å²) in [6.07, 6.45) is 0. The molecule has 32 heavy (non-hydrogen) atoms. The molecule has 7 rings (SSSR count). The number of nitrogens with zero attached hydrogens (tertiary/aromatic N) is 2. The van der Waals surface area contributed by atoms with Gasteiger partial charge in [0.2, 0.25) is 0 Å². The first-order chi connectivity index (χ1) is 15.9. The molecule has 0 amide bonds. The van der Waals surface area contributed by atoms with Crippen LogP contribution in [0.5, 0.6) is 0 Å². The number of hydrogen-bond donors (Lipinski definition) is 0. The first kappa shape index (κ1) is 17.4. The Hall–Kier alpha value is -4.30. The minimum atomic E-state index is 0.998. The first-order valence-electron chi connectivity index (χ1n) is 10.9. The van der Waals surface area contributed by atoms with Crippen molar-refractivity contribution in [3.8, 4) is 33.4 Å². The maximum Gasteiger partial charge on any atom is 0.0817 e. The predicted octanol–water partition coefficient (Wildman–Crippen LogP) is 6.50. The van der Waals surface area contributed by atoms with Crippen LogP contribution in [0.25, 0.3) is 33.4 Å². The van der Waals surface area contributed by atoms with Crippen LogP contribution in [0, 0.1) is 10.4 Å². The summed E-state index contributed by atoms with van der Waals surface area (Å²) < 4.78 is 0. The summed E-state index contributed by atoms with van der Waals surface area (Å²) >= 11 is 0. The molecule has 0 radical (unpaired) electrons. The third-order valence-electron chi connectivity index (χ3n) is 6.40. The van der Waals surface area contributed by atoms with Crippen LogP contribution in [0.15, 0.2) is 119 Å². The van der Waals surface area contributed by atoms with Gasteiger partial charge in [0.05, 0.1) is 22.1 Å². The molecule has 2 aliphatic heterocycles. The van der Waals surface area contributed by atoms with Crippen LogP contribution >= 0.6 is 0 Å². The number of benzene rings is 5. The van der Waals surface area contributed by atoms with E-state index in [2.05, 4.69) is 109 Å². The average Bonchev–Trinajstić information content (AvgIpc) is 3.42. The summed E-state index contributed by atoms with van der Waals surface area (Å²) in [4.78, 5) is 10.1. The van der Waals surface area contributed by atoms with Gasteiger partial charge in [-0.2, -0.15) is 0 Å². The Balaban J connectivity index is 1.63. The molecule has 0 saturated carbocycles. The van der Waals surface area contributed by atoms with Crippen molar-refractivity contribution in [3.05, 3.63) is 130 Å². The van der Waals surface area contributed by atoms with Gasteiger partial charge < -0.3 is 0 Å². The highest BCUT2D eigenvalue weighted by Crippen LogP contribution is 2.49. The summed E-state index contributed by atoms with van der Waals surface area (Å²) in [5.41, 5.74) is 9.20. The first-order valence-corrected chi connectivity index (χ1v) is 10.9. The lowest BCUT2D eigenvalue weighted by atomic mass is 9.86. The van der Waals surface area contributed by atoms with Crippen LogP contribution in [0.4, 0.5) is 11.4 Å². The van der Waals surface area contributed by atoms with Crippen LogP contribution in [-0.4, -0.2) is 0 Å². The monoisotopic (exact) mass is 406 g/mol. The van der Waals surface area contributed by atoms with Gasteiger partial charge in [-0.05, 0) is 46.5 Å². The fourth-order valence-electron chi connectivity index (χ4n) is 5.00. The molecule has 0 fully saturated rings. The molecule has 148 valence electrons. The molecule has 0 aromatic heterocycles. The summed E-state index contributed by atoms with van der Waals surface area (Å²) in [7, 11) is 0. The van der Waals surface area contributed by atoms with Crippen molar-refractivity contribution < 1.29 is 0 Å². The minimum Gasteiger partial charge on any atom is -0.248 e. The van der Waals surface area contributed by atoms with Gasteiger partial charge in [0, 0.05) is 21.6 Å². The Labute approximate surface area is 185 Å². The predicted molar refractivity (Wildman–Crippen MR) is 128 cm³/mol. The molecule has 0 N–H and O–H groups in total. The molecule has 0 atom stereocenters. The molecular weight excluding hydrogens is 388 g/mol. The SMILES string of the molecule is c1ccc(-c2ccc3c(c2-c2ccccc2)-c2c4c(ccc2=N3)=c2ccccc2=N4)cc1.